The summed E-state index contributed by atoms with van der Waals surface area (Å²) >= 11 is 3.39. The largest absolute Gasteiger partial charge is 0.464 e. The highest BCUT2D eigenvalue weighted by Gasteiger charge is 2.00. The van der Waals surface area contributed by atoms with Crippen molar-refractivity contribution in [2.45, 2.75) is 6.92 Å². The first-order valence-electron chi connectivity index (χ1n) is 4.34. The molecule has 0 radical (unpaired) electrons. The minimum absolute atomic E-state index is 0.429. The third kappa shape index (κ3) is 1.85. The molecule has 0 aliphatic carbocycles. The van der Waals surface area contributed by atoms with Crippen LogP contribution >= 0.6 is 15.9 Å². The lowest BCUT2D eigenvalue weighted by molar-refractivity contribution is 0.314. The Morgan fingerprint density at radius 3 is 3.07 bits per heavy atom. The van der Waals surface area contributed by atoms with Gasteiger partial charge in [-0.2, -0.15) is 4.98 Å². The molecule has 4 heteroatoms. The monoisotopic (exact) mass is 252 g/mol. The molecular formula is C10H9BrN2O. The van der Waals surface area contributed by atoms with Gasteiger partial charge >= 0.3 is 6.01 Å². The van der Waals surface area contributed by atoms with E-state index in [9.17, 15) is 0 Å². The molecule has 2 rings (SSSR count). The van der Waals surface area contributed by atoms with E-state index in [1.165, 1.54) is 0 Å². The molecule has 0 bridgehead atoms. The number of benzene rings is 1. The highest BCUT2D eigenvalue weighted by molar-refractivity contribution is 9.10. The highest BCUT2D eigenvalue weighted by Crippen LogP contribution is 2.18. The second-order valence-electron chi connectivity index (χ2n) is 2.79. The summed E-state index contributed by atoms with van der Waals surface area (Å²) in [5.74, 6) is 0. The second kappa shape index (κ2) is 3.92. The van der Waals surface area contributed by atoms with Gasteiger partial charge in [-0.1, -0.05) is 22.0 Å². The topological polar surface area (TPSA) is 35.0 Å². The Balaban J connectivity index is 2.52. The molecular weight excluding hydrogens is 244 g/mol. The Kier molecular flexibility index (Phi) is 2.63. The van der Waals surface area contributed by atoms with E-state index in [4.69, 9.17) is 4.74 Å². The Morgan fingerprint density at radius 2 is 2.29 bits per heavy atom. The first-order chi connectivity index (χ1) is 6.79. The minimum Gasteiger partial charge on any atom is -0.464 e. The van der Waals surface area contributed by atoms with Gasteiger partial charge in [0.2, 0.25) is 0 Å². The van der Waals surface area contributed by atoms with Crippen LogP contribution < -0.4 is 4.74 Å². The van der Waals surface area contributed by atoms with Crippen molar-refractivity contribution < 1.29 is 4.74 Å². The van der Waals surface area contributed by atoms with Crippen LogP contribution in [-0.4, -0.2) is 16.6 Å². The third-order valence-corrected chi connectivity index (χ3v) is 2.29. The first kappa shape index (κ1) is 9.40. The van der Waals surface area contributed by atoms with E-state index >= 15 is 0 Å². The molecule has 0 saturated carbocycles. The van der Waals surface area contributed by atoms with Gasteiger partial charge in [-0.3, -0.25) is 0 Å². The van der Waals surface area contributed by atoms with E-state index in [1.54, 1.807) is 6.20 Å². The van der Waals surface area contributed by atoms with Crippen LogP contribution in [0.25, 0.3) is 10.9 Å². The summed E-state index contributed by atoms with van der Waals surface area (Å²) in [4.78, 5) is 8.34. The van der Waals surface area contributed by atoms with Crippen LogP contribution in [0.5, 0.6) is 6.01 Å². The van der Waals surface area contributed by atoms with Gasteiger partial charge in [-0.05, 0) is 19.1 Å². The van der Waals surface area contributed by atoms with Crippen LogP contribution in [-0.2, 0) is 0 Å². The average Bonchev–Trinajstić information content (AvgIpc) is 2.17. The smallest absolute Gasteiger partial charge is 0.316 e. The summed E-state index contributed by atoms with van der Waals surface area (Å²) in [5.41, 5.74) is 0.887. The van der Waals surface area contributed by atoms with E-state index in [0.29, 0.717) is 12.6 Å². The molecule has 0 spiro atoms. The van der Waals surface area contributed by atoms with Gasteiger partial charge in [-0.25, -0.2) is 4.98 Å². The molecule has 0 aliphatic rings. The summed E-state index contributed by atoms with van der Waals surface area (Å²) in [7, 11) is 0. The van der Waals surface area contributed by atoms with Crippen molar-refractivity contribution in [2.24, 2.45) is 0 Å². The number of aromatic nitrogens is 2. The van der Waals surface area contributed by atoms with E-state index in [0.717, 1.165) is 15.4 Å². The van der Waals surface area contributed by atoms with Gasteiger partial charge in [0.1, 0.15) is 0 Å². The van der Waals surface area contributed by atoms with Gasteiger partial charge in [0, 0.05) is 16.1 Å². The maximum atomic E-state index is 5.22. The van der Waals surface area contributed by atoms with E-state index in [1.807, 2.05) is 25.1 Å². The number of ether oxygens (including phenoxy) is 1. The molecule has 0 fully saturated rings. The molecule has 0 amide bonds. The normalized spacial score (nSPS) is 10.4. The number of hydrogen-bond donors (Lipinski definition) is 0. The number of nitrogens with zero attached hydrogens (tertiary/aromatic N) is 2. The summed E-state index contributed by atoms with van der Waals surface area (Å²) in [5, 5.41) is 1.01. The molecule has 0 unspecified atom stereocenters. The number of fused-ring (bicyclic) bond motifs is 1. The maximum Gasteiger partial charge on any atom is 0.316 e. The zero-order valence-corrected chi connectivity index (χ0v) is 9.28. The SMILES string of the molecule is CCOc1ncc2ccc(Br)cc2n1. The van der Waals surface area contributed by atoms with Crippen molar-refractivity contribution in [3.05, 3.63) is 28.9 Å². The third-order valence-electron chi connectivity index (χ3n) is 1.80. The van der Waals surface area contributed by atoms with Crippen LogP contribution in [0.2, 0.25) is 0 Å². The highest BCUT2D eigenvalue weighted by atomic mass is 79.9. The van der Waals surface area contributed by atoms with Crippen LogP contribution in [0.3, 0.4) is 0 Å². The van der Waals surface area contributed by atoms with Crippen LogP contribution in [0.15, 0.2) is 28.9 Å². The summed E-state index contributed by atoms with van der Waals surface area (Å²) in [6, 6.07) is 6.30. The predicted molar refractivity (Wildman–Crippen MR) is 58.4 cm³/mol. The fraction of sp³-hybridized carbons (Fsp3) is 0.200. The molecule has 14 heavy (non-hydrogen) atoms. The maximum absolute atomic E-state index is 5.22. The van der Waals surface area contributed by atoms with E-state index < -0.39 is 0 Å². The van der Waals surface area contributed by atoms with Gasteiger partial charge in [0.15, 0.2) is 0 Å². The molecule has 1 heterocycles. The van der Waals surface area contributed by atoms with Crippen LogP contribution in [0.4, 0.5) is 0 Å². The molecule has 0 saturated heterocycles. The fourth-order valence-corrected chi connectivity index (χ4v) is 1.53. The van der Waals surface area contributed by atoms with E-state index in [2.05, 4.69) is 25.9 Å². The molecule has 0 N–H and O–H groups in total. The number of hydrogen-bond acceptors (Lipinski definition) is 3. The molecule has 0 atom stereocenters. The Hall–Kier alpha value is -1.16. The lowest BCUT2D eigenvalue weighted by atomic mass is 10.2. The van der Waals surface area contributed by atoms with E-state index in [-0.39, 0.29) is 0 Å². The molecule has 3 nitrogen and oxygen atoms in total. The Morgan fingerprint density at radius 1 is 1.43 bits per heavy atom. The summed E-state index contributed by atoms with van der Waals surface area (Å²) in [6.45, 7) is 2.49. The average molecular weight is 253 g/mol. The van der Waals surface area contributed by atoms with Crippen molar-refractivity contribution in [3.8, 4) is 6.01 Å². The second-order valence-corrected chi connectivity index (χ2v) is 3.70. The number of halogens is 1. The Bertz CT molecular complexity index is 459. The number of rotatable bonds is 2. The quantitative estimate of drug-likeness (QED) is 0.825. The van der Waals surface area contributed by atoms with Crippen LogP contribution in [0, 0.1) is 0 Å². The van der Waals surface area contributed by atoms with Gasteiger partial charge in [-0.15, -0.1) is 0 Å². The first-order valence-corrected chi connectivity index (χ1v) is 5.14. The molecule has 1 aromatic heterocycles. The Labute approximate surface area is 90.3 Å². The zero-order chi connectivity index (χ0) is 9.97. The van der Waals surface area contributed by atoms with Crippen molar-refractivity contribution in [1.29, 1.82) is 0 Å². The lowest BCUT2D eigenvalue weighted by Crippen LogP contribution is -1.96. The standard InChI is InChI=1S/C10H9BrN2O/c1-2-14-10-12-6-7-3-4-8(11)5-9(7)13-10/h3-6H,2H2,1H3. The predicted octanol–water partition coefficient (Wildman–Crippen LogP) is 2.79. The summed E-state index contributed by atoms with van der Waals surface area (Å²) < 4.78 is 6.22. The molecule has 72 valence electrons. The fourth-order valence-electron chi connectivity index (χ4n) is 1.18. The zero-order valence-electron chi connectivity index (χ0n) is 7.70. The molecule has 2 aromatic rings. The van der Waals surface area contributed by atoms with Crippen molar-refractivity contribution in [3.63, 3.8) is 0 Å². The van der Waals surface area contributed by atoms with Crippen LogP contribution in [0.1, 0.15) is 6.92 Å². The van der Waals surface area contributed by atoms with Crippen molar-refractivity contribution >= 4 is 26.8 Å². The van der Waals surface area contributed by atoms with Gasteiger partial charge in [0.25, 0.3) is 0 Å². The molecule has 1 aromatic carbocycles. The van der Waals surface area contributed by atoms with Crippen molar-refractivity contribution in [1.82, 2.24) is 9.97 Å². The lowest BCUT2D eigenvalue weighted by Gasteiger charge is -2.02. The minimum atomic E-state index is 0.429. The molecule has 0 aliphatic heterocycles. The van der Waals surface area contributed by atoms with Crippen molar-refractivity contribution in [2.75, 3.05) is 6.61 Å². The summed E-state index contributed by atoms with van der Waals surface area (Å²) in [6.07, 6.45) is 1.76. The van der Waals surface area contributed by atoms with Gasteiger partial charge in [0.05, 0.1) is 12.1 Å². The van der Waals surface area contributed by atoms with Gasteiger partial charge < -0.3 is 4.74 Å².